The summed E-state index contributed by atoms with van der Waals surface area (Å²) in [6.45, 7) is 8.27. The average Bonchev–Trinajstić information content (AvgIpc) is 2.83. The second-order valence-corrected chi connectivity index (χ2v) is 7.33. The second kappa shape index (κ2) is 10.2. The van der Waals surface area contributed by atoms with Crippen molar-refractivity contribution >= 4 is 0 Å². The van der Waals surface area contributed by atoms with Gasteiger partial charge in [-0.2, -0.15) is 4.39 Å². The first kappa shape index (κ1) is 23.9. The molecule has 0 atom stereocenters. The fraction of sp³-hybridized carbons (Fsp3) is 0.111. The molecule has 2 nitrogen and oxygen atoms in total. The van der Waals surface area contributed by atoms with Crippen LogP contribution in [0.1, 0.15) is 5.56 Å². The first-order valence-corrected chi connectivity index (χ1v) is 9.98. The Labute approximate surface area is 190 Å². The maximum atomic E-state index is 14.8. The van der Waals surface area contributed by atoms with Gasteiger partial charge < -0.3 is 9.47 Å². The molecule has 3 rings (SSSR count). The number of aryl methyl sites for hydroxylation is 1. The third-order valence-electron chi connectivity index (χ3n) is 5.02. The van der Waals surface area contributed by atoms with Crippen LogP contribution >= 0.6 is 0 Å². The van der Waals surface area contributed by atoms with Crippen LogP contribution in [0.25, 0.3) is 22.3 Å². The van der Waals surface area contributed by atoms with Crippen LogP contribution in [0, 0.1) is 18.6 Å². The molecule has 0 aliphatic heterocycles. The Morgan fingerprint density at radius 2 is 1.24 bits per heavy atom. The van der Waals surface area contributed by atoms with E-state index >= 15 is 0 Å². The van der Waals surface area contributed by atoms with E-state index in [1.54, 1.807) is 24.3 Å². The molecule has 0 saturated heterocycles. The van der Waals surface area contributed by atoms with Gasteiger partial charge in [-0.3, -0.25) is 0 Å². The lowest BCUT2D eigenvalue weighted by molar-refractivity contribution is 0.279. The Morgan fingerprint density at radius 3 is 1.73 bits per heavy atom. The lowest BCUT2D eigenvalue weighted by Crippen LogP contribution is -2.03. The van der Waals surface area contributed by atoms with Gasteiger partial charge >= 0.3 is 0 Å². The molecule has 0 amide bonds. The van der Waals surface area contributed by atoms with Crippen LogP contribution in [0.3, 0.4) is 0 Å². The van der Waals surface area contributed by atoms with Gasteiger partial charge in [0, 0.05) is 16.7 Å². The molecule has 0 N–H and O–H groups in total. The topological polar surface area (TPSA) is 18.5 Å². The molecule has 0 bridgehead atoms. The van der Waals surface area contributed by atoms with Crippen LogP contribution in [0.4, 0.5) is 17.6 Å². The van der Waals surface area contributed by atoms with Crippen molar-refractivity contribution in [3.05, 3.63) is 114 Å². The zero-order valence-corrected chi connectivity index (χ0v) is 18.2. The molecule has 0 aromatic heterocycles. The van der Waals surface area contributed by atoms with E-state index in [1.807, 2.05) is 19.1 Å². The van der Waals surface area contributed by atoms with E-state index in [2.05, 4.69) is 17.9 Å². The first-order valence-electron chi connectivity index (χ1n) is 9.98. The number of allylic oxidation sites excluding steroid dienone is 1. The Kier molecular flexibility index (Phi) is 7.38. The van der Waals surface area contributed by atoms with Crippen LogP contribution in [0.15, 0.2) is 96.8 Å². The minimum absolute atomic E-state index is 0.0912. The molecule has 3 aromatic carbocycles. The molecule has 0 unspecified atom stereocenters. The molecule has 0 fully saturated rings. The zero-order valence-electron chi connectivity index (χ0n) is 18.2. The summed E-state index contributed by atoms with van der Waals surface area (Å²) in [6.07, 6.45) is 0. The van der Waals surface area contributed by atoms with Crippen LogP contribution in [0.2, 0.25) is 0 Å². The Bertz CT molecular complexity index is 1210. The van der Waals surface area contributed by atoms with Gasteiger partial charge in [-0.25, -0.2) is 13.2 Å². The smallest absolute Gasteiger partial charge is 0.200 e. The maximum Gasteiger partial charge on any atom is 0.200 e. The van der Waals surface area contributed by atoms with Crippen molar-refractivity contribution in [3.63, 3.8) is 0 Å². The minimum atomic E-state index is -1.26. The standard InChI is InChI=1S/C27H22F4O2/c1-16-5-7-19(8-6-16)22-13-14-23(27(31)26(22)30)20-9-11-21(12-10-20)33-15-17(2)24(28)25(29)18(3)32-4/h5-14H,2-3,15H2,1,4H3/b25-24-. The van der Waals surface area contributed by atoms with Gasteiger partial charge in [0.05, 0.1) is 7.11 Å². The lowest BCUT2D eigenvalue weighted by Gasteiger charge is -2.11. The quantitative estimate of drug-likeness (QED) is 0.196. The summed E-state index contributed by atoms with van der Waals surface area (Å²) in [5.41, 5.74) is 2.06. The van der Waals surface area contributed by atoms with E-state index in [1.165, 1.54) is 31.4 Å². The fourth-order valence-corrected chi connectivity index (χ4v) is 3.06. The summed E-state index contributed by atoms with van der Waals surface area (Å²) in [7, 11) is 1.17. The lowest BCUT2D eigenvalue weighted by atomic mass is 9.98. The van der Waals surface area contributed by atoms with Crippen LogP contribution in [-0.4, -0.2) is 13.7 Å². The number of rotatable bonds is 8. The maximum absolute atomic E-state index is 14.8. The van der Waals surface area contributed by atoms with Gasteiger partial charge in [-0.15, -0.1) is 0 Å². The number of ether oxygens (including phenoxy) is 2. The predicted molar refractivity (Wildman–Crippen MR) is 122 cm³/mol. The molecular formula is C27H22F4O2. The SMILES string of the molecule is C=C(COc1ccc(-c2ccc(-c3ccc(C)cc3)c(F)c2F)cc1)/C(F)=C(/F)C(=C)OC. The first-order chi connectivity index (χ1) is 15.7. The number of methoxy groups -OCH3 is 1. The highest BCUT2D eigenvalue weighted by atomic mass is 19.2. The molecule has 0 radical (unpaired) electrons. The van der Waals surface area contributed by atoms with Crippen LogP contribution in [-0.2, 0) is 4.74 Å². The van der Waals surface area contributed by atoms with Crippen molar-refractivity contribution < 1.29 is 27.0 Å². The highest BCUT2D eigenvalue weighted by molar-refractivity contribution is 5.72. The highest BCUT2D eigenvalue weighted by Gasteiger charge is 2.17. The van der Waals surface area contributed by atoms with E-state index in [9.17, 15) is 17.6 Å². The summed E-state index contributed by atoms with van der Waals surface area (Å²) in [4.78, 5) is 0. The summed E-state index contributed by atoms with van der Waals surface area (Å²) >= 11 is 0. The van der Waals surface area contributed by atoms with E-state index < -0.39 is 29.0 Å². The van der Waals surface area contributed by atoms with Crippen molar-refractivity contribution in [3.8, 4) is 28.0 Å². The van der Waals surface area contributed by atoms with E-state index in [4.69, 9.17) is 4.74 Å². The van der Waals surface area contributed by atoms with E-state index in [0.717, 1.165) is 5.56 Å². The van der Waals surface area contributed by atoms with Gasteiger partial charge in [0.2, 0.25) is 0 Å². The molecule has 33 heavy (non-hydrogen) atoms. The Hall–Kier alpha value is -3.80. The largest absolute Gasteiger partial charge is 0.494 e. The molecule has 0 spiro atoms. The van der Waals surface area contributed by atoms with Gasteiger partial charge in [-0.05, 0) is 30.2 Å². The normalized spacial score (nSPS) is 11.6. The number of hydrogen-bond acceptors (Lipinski definition) is 2. The van der Waals surface area contributed by atoms with Gasteiger partial charge in [0.25, 0.3) is 0 Å². The molecule has 0 saturated carbocycles. The summed E-state index contributed by atoms with van der Waals surface area (Å²) < 4.78 is 67.2. The summed E-state index contributed by atoms with van der Waals surface area (Å²) in [5, 5.41) is 0. The fourth-order valence-electron chi connectivity index (χ4n) is 3.06. The highest BCUT2D eigenvalue weighted by Crippen LogP contribution is 2.32. The van der Waals surface area contributed by atoms with Crippen molar-refractivity contribution in [1.29, 1.82) is 0 Å². The van der Waals surface area contributed by atoms with Crippen molar-refractivity contribution in [2.45, 2.75) is 6.92 Å². The third kappa shape index (κ3) is 5.34. The molecule has 0 aliphatic rings. The second-order valence-electron chi connectivity index (χ2n) is 7.33. The molecule has 6 heteroatoms. The molecule has 170 valence electrons. The predicted octanol–water partition coefficient (Wildman–Crippen LogP) is 7.85. The monoisotopic (exact) mass is 454 g/mol. The Balaban J connectivity index is 1.75. The summed E-state index contributed by atoms with van der Waals surface area (Å²) in [5.74, 6) is -4.51. The molecule has 0 heterocycles. The minimum Gasteiger partial charge on any atom is -0.494 e. The van der Waals surface area contributed by atoms with Crippen molar-refractivity contribution in [1.82, 2.24) is 0 Å². The molecule has 0 aliphatic carbocycles. The van der Waals surface area contributed by atoms with Gasteiger partial charge in [0.15, 0.2) is 23.3 Å². The average molecular weight is 454 g/mol. The van der Waals surface area contributed by atoms with Gasteiger partial charge in [-0.1, -0.05) is 67.3 Å². The van der Waals surface area contributed by atoms with Crippen LogP contribution < -0.4 is 4.74 Å². The van der Waals surface area contributed by atoms with Crippen molar-refractivity contribution in [2.24, 2.45) is 0 Å². The third-order valence-corrected chi connectivity index (χ3v) is 5.02. The molecule has 3 aromatic rings. The Morgan fingerprint density at radius 1 is 0.758 bits per heavy atom. The number of benzene rings is 3. The number of halogens is 4. The number of hydrogen-bond donors (Lipinski definition) is 0. The van der Waals surface area contributed by atoms with E-state index in [-0.39, 0.29) is 23.3 Å². The molecular weight excluding hydrogens is 432 g/mol. The van der Waals surface area contributed by atoms with Crippen LogP contribution in [0.5, 0.6) is 5.75 Å². The summed E-state index contributed by atoms with van der Waals surface area (Å²) in [6, 6.07) is 16.3. The van der Waals surface area contributed by atoms with E-state index in [0.29, 0.717) is 16.9 Å². The zero-order chi connectivity index (χ0) is 24.1. The van der Waals surface area contributed by atoms with Gasteiger partial charge in [0.1, 0.15) is 18.1 Å². The van der Waals surface area contributed by atoms with Crippen molar-refractivity contribution in [2.75, 3.05) is 13.7 Å².